The number of hydrogen-bond donors (Lipinski definition) is 3. The quantitative estimate of drug-likeness (QED) is 0.686. The SMILES string of the molecule is NC(CO)c1ccc2c(c1)SCCN2. The average Bonchev–Trinajstić information content (AvgIpc) is 2.27. The summed E-state index contributed by atoms with van der Waals surface area (Å²) in [5.74, 6) is 1.09. The first-order chi connectivity index (χ1) is 6.81. The number of aliphatic hydroxyl groups excluding tert-OH is 1. The van der Waals surface area contributed by atoms with E-state index < -0.39 is 0 Å². The van der Waals surface area contributed by atoms with Gasteiger partial charge in [-0.05, 0) is 17.7 Å². The molecule has 3 nitrogen and oxygen atoms in total. The Kier molecular flexibility index (Phi) is 2.96. The maximum atomic E-state index is 8.94. The number of nitrogens with one attached hydrogen (secondary N) is 1. The lowest BCUT2D eigenvalue weighted by molar-refractivity contribution is 0.268. The third-order valence-corrected chi connectivity index (χ3v) is 3.36. The maximum Gasteiger partial charge on any atom is 0.0624 e. The molecule has 1 atom stereocenters. The number of aliphatic hydroxyl groups is 1. The first kappa shape index (κ1) is 9.83. The fraction of sp³-hybridized carbons (Fsp3) is 0.400. The Bertz CT molecular complexity index is 330. The molecule has 76 valence electrons. The van der Waals surface area contributed by atoms with Gasteiger partial charge in [-0.25, -0.2) is 0 Å². The molecule has 4 N–H and O–H groups in total. The van der Waals surface area contributed by atoms with Crippen LogP contribution in [0.25, 0.3) is 0 Å². The summed E-state index contributed by atoms with van der Waals surface area (Å²) in [6, 6.07) is 5.81. The second-order valence-corrected chi connectivity index (χ2v) is 4.46. The number of hydrogen-bond acceptors (Lipinski definition) is 4. The number of benzene rings is 1. The maximum absolute atomic E-state index is 8.94. The summed E-state index contributed by atoms with van der Waals surface area (Å²) < 4.78 is 0. The van der Waals surface area contributed by atoms with Crippen LogP contribution in [-0.2, 0) is 0 Å². The van der Waals surface area contributed by atoms with Gasteiger partial charge in [-0.1, -0.05) is 6.07 Å². The van der Waals surface area contributed by atoms with Gasteiger partial charge in [0.15, 0.2) is 0 Å². The standard InChI is InChI=1S/C10H14N2OS/c11-8(6-13)7-1-2-9-10(5-7)14-4-3-12-9/h1-2,5,8,12-13H,3-4,6,11H2. The molecule has 1 aliphatic rings. The molecule has 14 heavy (non-hydrogen) atoms. The molecule has 1 heterocycles. The Balaban J connectivity index is 2.29. The molecule has 1 aromatic rings. The molecule has 0 fully saturated rings. The summed E-state index contributed by atoms with van der Waals surface area (Å²) in [6.07, 6.45) is 0. The number of thioether (sulfide) groups is 1. The van der Waals surface area contributed by atoms with Crippen molar-refractivity contribution in [2.24, 2.45) is 5.73 Å². The molecule has 1 unspecified atom stereocenters. The van der Waals surface area contributed by atoms with E-state index in [-0.39, 0.29) is 12.6 Å². The van der Waals surface area contributed by atoms with Crippen LogP contribution in [0.5, 0.6) is 0 Å². The predicted molar refractivity (Wildman–Crippen MR) is 59.7 cm³/mol. The minimum Gasteiger partial charge on any atom is -0.394 e. The lowest BCUT2D eigenvalue weighted by Gasteiger charge is -2.19. The largest absolute Gasteiger partial charge is 0.394 e. The zero-order valence-corrected chi connectivity index (χ0v) is 8.68. The zero-order chi connectivity index (χ0) is 9.97. The van der Waals surface area contributed by atoms with Crippen LogP contribution in [0, 0.1) is 0 Å². The Morgan fingerprint density at radius 1 is 1.57 bits per heavy atom. The van der Waals surface area contributed by atoms with Gasteiger partial charge in [-0.2, -0.15) is 0 Å². The molecule has 0 radical (unpaired) electrons. The summed E-state index contributed by atoms with van der Waals surface area (Å²) >= 11 is 1.83. The highest BCUT2D eigenvalue weighted by Crippen LogP contribution is 2.32. The van der Waals surface area contributed by atoms with Crippen molar-refractivity contribution in [3.05, 3.63) is 23.8 Å². The predicted octanol–water partition coefficient (Wildman–Crippen LogP) is 1.20. The molecule has 0 aliphatic carbocycles. The first-order valence-electron chi connectivity index (χ1n) is 4.68. The normalized spacial score (nSPS) is 17.0. The first-order valence-corrected chi connectivity index (χ1v) is 5.67. The summed E-state index contributed by atoms with van der Waals surface area (Å²) in [7, 11) is 0. The lowest BCUT2D eigenvalue weighted by Crippen LogP contribution is -2.16. The van der Waals surface area contributed by atoms with Crippen LogP contribution in [0.1, 0.15) is 11.6 Å². The van der Waals surface area contributed by atoms with E-state index in [0.29, 0.717) is 0 Å². The summed E-state index contributed by atoms with van der Waals surface area (Å²) in [4.78, 5) is 1.23. The molecule has 1 aliphatic heterocycles. The number of fused-ring (bicyclic) bond motifs is 1. The van der Waals surface area contributed by atoms with Crippen LogP contribution < -0.4 is 11.1 Å². The van der Waals surface area contributed by atoms with Crippen molar-refractivity contribution in [3.63, 3.8) is 0 Å². The van der Waals surface area contributed by atoms with Gasteiger partial charge in [-0.15, -0.1) is 11.8 Å². The fourth-order valence-electron chi connectivity index (χ4n) is 1.49. The highest BCUT2D eigenvalue weighted by molar-refractivity contribution is 7.99. The van der Waals surface area contributed by atoms with Gasteiger partial charge in [0.2, 0.25) is 0 Å². The molecule has 1 aromatic carbocycles. The topological polar surface area (TPSA) is 58.3 Å². The number of rotatable bonds is 2. The van der Waals surface area contributed by atoms with E-state index in [9.17, 15) is 0 Å². The molecule has 4 heteroatoms. The second kappa shape index (κ2) is 4.21. The minimum absolute atomic E-state index is 0.00309. The summed E-state index contributed by atoms with van der Waals surface area (Å²) in [5.41, 5.74) is 7.93. The van der Waals surface area contributed by atoms with Gasteiger partial charge in [-0.3, -0.25) is 0 Å². The van der Waals surface area contributed by atoms with Crippen LogP contribution in [0.3, 0.4) is 0 Å². The van der Waals surface area contributed by atoms with Crippen LogP contribution in [0.15, 0.2) is 23.1 Å². The molecular weight excluding hydrogens is 196 g/mol. The number of nitrogens with two attached hydrogens (primary N) is 1. The number of anilines is 1. The van der Waals surface area contributed by atoms with Crippen LogP contribution >= 0.6 is 11.8 Å². The van der Waals surface area contributed by atoms with E-state index in [1.54, 1.807) is 0 Å². The Morgan fingerprint density at radius 3 is 3.21 bits per heavy atom. The monoisotopic (exact) mass is 210 g/mol. The molecule has 0 aromatic heterocycles. The molecule has 2 rings (SSSR count). The Morgan fingerprint density at radius 2 is 2.43 bits per heavy atom. The third-order valence-electron chi connectivity index (χ3n) is 2.31. The van der Waals surface area contributed by atoms with Crippen molar-refractivity contribution < 1.29 is 5.11 Å². The zero-order valence-electron chi connectivity index (χ0n) is 7.86. The van der Waals surface area contributed by atoms with Crippen molar-refractivity contribution in [2.45, 2.75) is 10.9 Å². The van der Waals surface area contributed by atoms with E-state index in [1.807, 2.05) is 23.9 Å². The van der Waals surface area contributed by atoms with E-state index in [4.69, 9.17) is 10.8 Å². The van der Waals surface area contributed by atoms with Gasteiger partial charge in [0.1, 0.15) is 0 Å². The molecule has 0 amide bonds. The molecule has 0 bridgehead atoms. The molecule has 0 spiro atoms. The lowest BCUT2D eigenvalue weighted by atomic mass is 10.1. The van der Waals surface area contributed by atoms with Crippen molar-refractivity contribution >= 4 is 17.4 Å². The summed E-state index contributed by atoms with van der Waals surface area (Å²) in [6.45, 7) is 1.01. The molecular formula is C10H14N2OS. The highest BCUT2D eigenvalue weighted by atomic mass is 32.2. The molecule has 0 saturated carbocycles. The van der Waals surface area contributed by atoms with E-state index >= 15 is 0 Å². The smallest absolute Gasteiger partial charge is 0.0624 e. The van der Waals surface area contributed by atoms with Crippen LogP contribution in [0.4, 0.5) is 5.69 Å². The minimum atomic E-state index is -0.261. The van der Waals surface area contributed by atoms with Gasteiger partial charge >= 0.3 is 0 Å². The van der Waals surface area contributed by atoms with E-state index in [2.05, 4.69) is 11.4 Å². The van der Waals surface area contributed by atoms with E-state index in [0.717, 1.165) is 17.9 Å². The van der Waals surface area contributed by atoms with Gasteiger partial charge in [0.05, 0.1) is 12.6 Å². The summed E-state index contributed by atoms with van der Waals surface area (Å²) in [5, 5.41) is 12.3. The molecule has 0 saturated heterocycles. The van der Waals surface area contributed by atoms with Crippen molar-refractivity contribution in [2.75, 3.05) is 24.2 Å². The Hall–Kier alpha value is -0.710. The Labute approximate surface area is 87.7 Å². The second-order valence-electron chi connectivity index (χ2n) is 3.32. The van der Waals surface area contributed by atoms with Gasteiger partial charge in [0.25, 0.3) is 0 Å². The van der Waals surface area contributed by atoms with Crippen molar-refractivity contribution in [3.8, 4) is 0 Å². The van der Waals surface area contributed by atoms with Crippen LogP contribution in [-0.4, -0.2) is 24.0 Å². The average molecular weight is 210 g/mol. The van der Waals surface area contributed by atoms with Crippen molar-refractivity contribution in [1.29, 1.82) is 0 Å². The fourth-order valence-corrected chi connectivity index (χ4v) is 2.43. The third kappa shape index (κ3) is 1.87. The van der Waals surface area contributed by atoms with E-state index in [1.165, 1.54) is 10.6 Å². The van der Waals surface area contributed by atoms with Crippen molar-refractivity contribution in [1.82, 2.24) is 0 Å². The van der Waals surface area contributed by atoms with Crippen LogP contribution in [0.2, 0.25) is 0 Å². The van der Waals surface area contributed by atoms with Gasteiger partial charge < -0.3 is 16.2 Å². The van der Waals surface area contributed by atoms with Gasteiger partial charge in [0, 0.05) is 22.9 Å². The highest BCUT2D eigenvalue weighted by Gasteiger charge is 2.11.